The number of allylic oxidation sites excluding steroid dienone is 2. The first-order valence-corrected chi connectivity index (χ1v) is 10.5. The summed E-state index contributed by atoms with van der Waals surface area (Å²) in [5.74, 6) is 0.405. The molecule has 0 radical (unpaired) electrons. The molecule has 0 spiro atoms. The number of amides is 2. The van der Waals surface area contributed by atoms with E-state index in [1.807, 2.05) is 21.9 Å². The number of carbonyl (C=O) groups is 2. The van der Waals surface area contributed by atoms with Crippen LogP contribution in [-0.2, 0) is 19.1 Å². The predicted molar refractivity (Wildman–Crippen MR) is 107 cm³/mol. The molecule has 2 aliphatic heterocycles. The molecule has 2 fully saturated rings. The molecule has 1 aromatic rings. The molecule has 2 saturated heterocycles. The second-order valence-corrected chi connectivity index (χ2v) is 7.95. The lowest BCUT2D eigenvalue weighted by molar-refractivity contribution is -0.184. The van der Waals surface area contributed by atoms with E-state index in [4.69, 9.17) is 9.47 Å². The third-order valence-corrected chi connectivity index (χ3v) is 6.24. The van der Waals surface area contributed by atoms with Gasteiger partial charge in [-0.3, -0.25) is 14.6 Å². The Morgan fingerprint density at radius 1 is 1.14 bits per heavy atom. The van der Waals surface area contributed by atoms with Crippen LogP contribution in [0.5, 0.6) is 0 Å². The van der Waals surface area contributed by atoms with E-state index in [0.717, 1.165) is 31.2 Å². The van der Waals surface area contributed by atoms with E-state index in [-0.39, 0.29) is 29.8 Å². The Labute approximate surface area is 171 Å². The van der Waals surface area contributed by atoms with Crippen molar-refractivity contribution in [1.29, 1.82) is 0 Å². The monoisotopic (exact) mass is 399 g/mol. The number of nitrogens with zero attached hydrogens (tertiary/aromatic N) is 3. The van der Waals surface area contributed by atoms with E-state index in [1.165, 1.54) is 0 Å². The standard InChI is InChI=1S/C22H29N3O4/c1-28-14-15-29-20-19(16-6-10-23-11-7-16)25(22(20)27)18-8-12-24(13-9-18)21(26)17-4-2-3-5-17/h2-3,6-7,10-11,17-20H,4-5,8-9,12-15H2,1H3/t19-,20+/m0/s1. The van der Waals surface area contributed by atoms with Gasteiger partial charge >= 0.3 is 0 Å². The summed E-state index contributed by atoms with van der Waals surface area (Å²) in [6, 6.07) is 3.92. The third kappa shape index (κ3) is 4.07. The summed E-state index contributed by atoms with van der Waals surface area (Å²) in [6.07, 6.45) is 10.5. The number of aromatic nitrogens is 1. The van der Waals surface area contributed by atoms with Crippen molar-refractivity contribution >= 4 is 11.8 Å². The first-order chi connectivity index (χ1) is 14.2. The van der Waals surface area contributed by atoms with E-state index in [2.05, 4.69) is 17.1 Å². The van der Waals surface area contributed by atoms with Crippen molar-refractivity contribution in [3.63, 3.8) is 0 Å². The summed E-state index contributed by atoms with van der Waals surface area (Å²) in [5, 5.41) is 0. The third-order valence-electron chi connectivity index (χ3n) is 6.24. The minimum absolute atomic E-state index is 0.0349. The van der Waals surface area contributed by atoms with Crippen LogP contribution in [0.2, 0.25) is 0 Å². The lowest BCUT2D eigenvalue weighted by Gasteiger charge is -2.52. The molecule has 1 aliphatic carbocycles. The molecular formula is C22H29N3O4. The number of methoxy groups -OCH3 is 1. The number of likely N-dealkylation sites (tertiary alicyclic amines) is 2. The van der Waals surface area contributed by atoms with Crippen LogP contribution in [-0.4, -0.2) is 72.2 Å². The van der Waals surface area contributed by atoms with Crippen LogP contribution in [0, 0.1) is 5.92 Å². The Balaban J connectivity index is 1.40. The van der Waals surface area contributed by atoms with Crippen molar-refractivity contribution in [3.8, 4) is 0 Å². The molecule has 0 saturated carbocycles. The Morgan fingerprint density at radius 2 is 1.83 bits per heavy atom. The highest BCUT2D eigenvalue weighted by molar-refractivity contribution is 5.89. The highest BCUT2D eigenvalue weighted by Gasteiger charge is 2.52. The second kappa shape index (κ2) is 9.05. The summed E-state index contributed by atoms with van der Waals surface area (Å²) in [4.78, 5) is 33.6. The maximum atomic E-state index is 12.9. The van der Waals surface area contributed by atoms with Crippen molar-refractivity contribution in [3.05, 3.63) is 42.2 Å². The molecule has 0 unspecified atom stereocenters. The Morgan fingerprint density at radius 3 is 2.48 bits per heavy atom. The summed E-state index contributed by atoms with van der Waals surface area (Å²) >= 11 is 0. The van der Waals surface area contributed by atoms with Gasteiger partial charge in [-0.05, 0) is 43.4 Å². The molecule has 0 bridgehead atoms. The van der Waals surface area contributed by atoms with Crippen LogP contribution in [0.25, 0.3) is 0 Å². The molecule has 3 aliphatic rings. The zero-order chi connectivity index (χ0) is 20.2. The number of hydrogen-bond donors (Lipinski definition) is 0. The van der Waals surface area contributed by atoms with Crippen molar-refractivity contribution in [2.24, 2.45) is 5.92 Å². The molecule has 2 atom stereocenters. The molecule has 0 N–H and O–H groups in total. The predicted octanol–water partition coefficient (Wildman–Crippen LogP) is 1.95. The number of rotatable bonds is 7. The fraction of sp³-hybridized carbons (Fsp3) is 0.591. The Bertz CT molecular complexity index is 738. The van der Waals surface area contributed by atoms with Gasteiger partial charge in [0.05, 0.1) is 19.3 Å². The van der Waals surface area contributed by atoms with Crippen molar-refractivity contribution in [1.82, 2.24) is 14.8 Å². The minimum Gasteiger partial charge on any atom is -0.382 e. The second-order valence-electron chi connectivity index (χ2n) is 7.95. The molecule has 29 heavy (non-hydrogen) atoms. The SMILES string of the molecule is COCCO[C@H]1C(=O)N(C2CCN(C(=O)C3CC=CC3)CC2)[C@H]1c1ccncc1. The fourth-order valence-electron chi connectivity index (χ4n) is 4.65. The van der Waals surface area contributed by atoms with E-state index < -0.39 is 6.10 Å². The number of piperidine rings is 1. The molecule has 3 heterocycles. The van der Waals surface area contributed by atoms with Crippen LogP contribution >= 0.6 is 0 Å². The lowest BCUT2D eigenvalue weighted by atomic mass is 9.86. The summed E-state index contributed by atoms with van der Waals surface area (Å²) in [5.41, 5.74) is 1.04. The molecule has 7 nitrogen and oxygen atoms in total. The van der Waals surface area contributed by atoms with Gasteiger partial charge in [0.1, 0.15) is 0 Å². The first kappa shape index (κ1) is 20.0. The fourth-order valence-corrected chi connectivity index (χ4v) is 4.65. The van der Waals surface area contributed by atoms with Crippen LogP contribution in [0.15, 0.2) is 36.7 Å². The summed E-state index contributed by atoms with van der Waals surface area (Å²) < 4.78 is 10.9. The van der Waals surface area contributed by atoms with Crippen molar-refractivity contribution in [2.75, 3.05) is 33.4 Å². The molecular weight excluding hydrogens is 370 g/mol. The average molecular weight is 399 g/mol. The van der Waals surface area contributed by atoms with Gasteiger partial charge in [0.2, 0.25) is 5.91 Å². The lowest BCUT2D eigenvalue weighted by Crippen LogP contribution is -2.65. The molecule has 7 heteroatoms. The average Bonchev–Trinajstić information content (AvgIpc) is 3.30. The normalized spacial score (nSPS) is 25.5. The summed E-state index contributed by atoms with van der Waals surface area (Å²) in [7, 11) is 1.62. The molecule has 0 aromatic carbocycles. The maximum Gasteiger partial charge on any atom is 0.255 e. The van der Waals surface area contributed by atoms with Gasteiger partial charge < -0.3 is 19.3 Å². The van der Waals surface area contributed by atoms with Gasteiger partial charge in [-0.2, -0.15) is 0 Å². The highest BCUT2D eigenvalue weighted by Crippen LogP contribution is 2.41. The van der Waals surface area contributed by atoms with E-state index in [9.17, 15) is 9.59 Å². The van der Waals surface area contributed by atoms with Crippen LogP contribution in [0.4, 0.5) is 0 Å². The first-order valence-electron chi connectivity index (χ1n) is 10.5. The Hall–Kier alpha value is -2.25. The van der Waals surface area contributed by atoms with E-state index in [0.29, 0.717) is 26.3 Å². The van der Waals surface area contributed by atoms with Gasteiger partial charge in [0, 0.05) is 44.6 Å². The van der Waals surface area contributed by atoms with Crippen LogP contribution in [0.3, 0.4) is 0 Å². The molecule has 4 rings (SSSR count). The highest BCUT2D eigenvalue weighted by atomic mass is 16.5. The molecule has 1 aromatic heterocycles. The van der Waals surface area contributed by atoms with Gasteiger partial charge in [0.25, 0.3) is 5.91 Å². The zero-order valence-corrected chi connectivity index (χ0v) is 16.9. The minimum atomic E-state index is -0.475. The van der Waals surface area contributed by atoms with Crippen molar-refractivity contribution < 1.29 is 19.1 Å². The van der Waals surface area contributed by atoms with Gasteiger partial charge in [0.15, 0.2) is 6.10 Å². The quantitative estimate of drug-likeness (QED) is 0.398. The topological polar surface area (TPSA) is 72.0 Å². The van der Waals surface area contributed by atoms with Gasteiger partial charge in [-0.25, -0.2) is 0 Å². The van der Waals surface area contributed by atoms with E-state index >= 15 is 0 Å². The number of hydrogen-bond acceptors (Lipinski definition) is 5. The number of pyridine rings is 1. The number of β-lactam (4-membered cyclic amide) rings is 1. The maximum absolute atomic E-state index is 12.9. The summed E-state index contributed by atoms with van der Waals surface area (Å²) in [6.45, 7) is 2.28. The van der Waals surface area contributed by atoms with Crippen LogP contribution < -0.4 is 0 Å². The van der Waals surface area contributed by atoms with Gasteiger partial charge in [-0.15, -0.1) is 0 Å². The number of ether oxygens (including phenoxy) is 2. The molecule has 2 amide bonds. The molecule has 156 valence electrons. The largest absolute Gasteiger partial charge is 0.382 e. The van der Waals surface area contributed by atoms with Crippen LogP contribution in [0.1, 0.15) is 37.3 Å². The smallest absolute Gasteiger partial charge is 0.255 e. The zero-order valence-electron chi connectivity index (χ0n) is 16.9. The Kier molecular flexibility index (Phi) is 6.25. The van der Waals surface area contributed by atoms with Crippen molar-refractivity contribution in [2.45, 2.75) is 43.9 Å². The van der Waals surface area contributed by atoms with Gasteiger partial charge in [-0.1, -0.05) is 12.2 Å². The van der Waals surface area contributed by atoms with E-state index in [1.54, 1.807) is 19.5 Å². The number of carbonyl (C=O) groups excluding carboxylic acids is 2.